The van der Waals surface area contributed by atoms with Crippen molar-refractivity contribution in [1.29, 1.82) is 0 Å². The first-order chi connectivity index (χ1) is 20.7. The molecule has 1 unspecified atom stereocenters. The highest BCUT2D eigenvalue weighted by atomic mass is 32.2. The van der Waals surface area contributed by atoms with Gasteiger partial charge < -0.3 is 15.1 Å². The standard InChI is InChI=1S/C30H33F4N5O4S/c1-37-9-11-39(12-10-37)27-6-4-20(14-26(27)36-29(41)23-16-35-28(40)15-24(23)30(32,33)34)22-13-19(3-5-25(22)31)17-38-8-7-21(18-38)44(2,42)43/h3-6,13-16,21,23H,7-12,17-18H2,1-2H3,(H,36,41)/t21-,23?/m1/s1. The maximum Gasteiger partial charge on any atom is 0.414 e. The van der Waals surface area contributed by atoms with Crippen molar-refractivity contribution < 1.29 is 35.6 Å². The van der Waals surface area contributed by atoms with E-state index in [1.165, 1.54) is 18.4 Å². The largest absolute Gasteiger partial charge is 0.414 e. The number of halogens is 4. The first-order valence-corrected chi connectivity index (χ1v) is 16.1. The number of nitrogens with zero attached hydrogens (tertiary/aromatic N) is 4. The number of hydrogen-bond acceptors (Lipinski definition) is 7. The minimum absolute atomic E-state index is 0.198. The Morgan fingerprint density at radius 2 is 1.80 bits per heavy atom. The van der Waals surface area contributed by atoms with Crippen LogP contribution in [0.15, 0.2) is 53.0 Å². The predicted octanol–water partition coefficient (Wildman–Crippen LogP) is 3.52. The van der Waals surface area contributed by atoms with Crippen LogP contribution in [0, 0.1) is 11.7 Å². The van der Waals surface area contributed by atoms with E-state index in [9.17, 15) is 31.2 Å². The Balaban J connectivity index is 1.46. The number of nitrogens with one attached hydrogen (secondary N) is 1. The van der Waals surface area contributed by atoms with E-state index in [2.05, 4.69) is 15.2 Å². The highest BCUT2D eigenvalue weighted by Gasteiger charge is 2.43. The van der Waals surface area contributed by atoms with Gasteiger partial charge in [-0.3, -0.25) is 14.5 Å². The van der Waals surface area contributed by atoms with Crippen molar-refractivity contribution in [2.24, 2.45) is 10.9 Å². The number of anilines is 2. The Hall–Kier alpha value is -3.62. The molecule has 0 aliphatic carbocycles. The molecule has 2 aromatic rings. The van der Waals surface area contributed by atoms with Crippen molar-refractivity contribution in [3.8, 4) is 11.1 Å². The van der Waals surface area contributed by atoms with Gasteiger partial charge in [0.1, 0.15) is 11.7 Å². The molecule has 0 radical (unpaired) electrons. The van der Waals surface area contributed by atoms with E-state index in [0.29, 0.717) is 62.7 Å². The second-order valence-electron chi connectivity index (χ2n) is 11.5. The molecule has 3 heterocycles. The summed E-state index contributed by atoms with van der Waals surface area (Å²) in [5, 5.41) is 2.15. The summed E-state index contributed by atoms with van der Waals surface area (Å²) in [6, 6.07) is 9.54. The number of carbonyl (C=O) groups is 2. The number of rotatable bonds is 7. The molecule has 1 N–H and O–H groups in total. The number of sulfone groups is 1. The van der Waals surface area contributed by atoms with Crippen molar-refractivity contribution in [2.75, 3.05) is 62.8 Å². The molecule has 236 valence electrons. The molecule has 0 saturated carbocycles. The Kier molecular flexibility index (Phi) is 8.96. The minimum Gasteiger partial charge on any atom is -0.367 e. The SMILES string of the molecule is CN1CCN(c2ccc(-c3cc(CN4CC[C@@H](S(C)(=O)=O)C4)ccc3F)cc2NC(=O)C2C=NC(=O)C=C2C(F)(F)F)CC1. The number of dihydropyridines is 1. The van der Waals surface area contributed by atoms with Gasteiger partial charge in [-0.25, -0.2) is 17.8 Å². The van der Waals surface area contributed by atoms with Crippen LogP contribution in [0.3, 0.4) is 0 Å². The fraction of sp³-hybridized carbons (Fsp3) is 0.433. The van der Waals surface area contributed by atoms with Gasteiger partial charge in [0.2, 0.25) is 5.91 Å². The van der Waals surface area contributed by atoms with Crippen molar-refractivity contribution in [1.82, 2.24) is 9.80 Å². The molecule has 0 aromatic heterocycles. The van der Waals surface area contributed by atoms with Gasteiger partial charge in [-0.15, -0.1) is 0 Å². The average molecular weight is 636 g/mol. The Bertz CT molecular complexity index is 1620. The van der Waals surface area contributed by atoms with Crippen molar-refractivity contribution in [3.63, 3.8) is 0 Å². The van der Waals surface area contributed by atoms with Gasteiger partial charge in [-0.2, -0.15) is 13.2 Å². The van der Waals surface area contributed by atoms with E-state index in [1.54, 1.807) is 24.3 Å². The van der Waals surface area contributed by atoms with E-state index >= 15 is 4.39 Å². The fourth-order valence-corrected chi connectivity index (χ4v) is 6.75. The van der Waals surface area contributed by atoms with Crippen LogP contribution in [0.5, 0.6) is 0 Å². The molecule has 5 rings (SSSR count). The highest BCUT2D eigenvalue weighted by molar-refractivity contribution is 7.91. The summed E-state index contributed by atoms with van der Waals surface area (Å²) < 4.78 is 80.3. The van der Waals surface area contributed by atoms with Gasteiger partial charge in [-0.05, 0) is 55.4 Å². The first-order valence-electron chi connectivity index (χ1n) is 14.1. The lowest BCUT2D eigenvalue weighted by Gasteiger charge is -2.35. The minimum atomic E-state index is -4.92. The summed E-state index contributed by atoms with van der Waals surface area (Å²) in [6.45, 7) is 4.02. The molecule has 2 atom stereocenters. The maximum atomic E-state index is 15.2. The second kappa shape index (κ2) is 12.4. The van der Waals surface area contributed by atoms with Gasteiger partial charge in [0.15, 0.2) is 9.84 Å². The molecular formula is C30H33F4N5O4S. The van der Waals surface area contributed by atoms with Gasteiger partial charge in [0.05, 0.1) is 22.2 Å². The normalized spacial score (nSPS) is 21.9. The van der Waals surface area contributed by atoms with Gasteiger partial charge >= 0.3 is 6.18 Å². The molecule has 9 nitrogen and oxygen atoms in total. The van der Waals surface area contributed by atoms with Gasteiger partial charge in [0, 0.05) is 63.4 Å². The van der Waals surface area contributed by atoms with E-state index in [4.69, 9.17) is 0 Å². The number of carbonyl (C=O) groups excluding carboxylic acids is 2. The van der Waals surface area contributed by atoms with Crippen LogP contribution in [-0.2, 0) is 26.0 Å². The molecule has 44 heavy (non-hydrogen) atoms. The highest BCUT2D eigenvalue weighted by Crippen LogP contribution is 2.37. The maximum absolute atomic E-state index is 15.2. The van der Waals surface area contributed by atoms with Crippen molar-refractivity contribution in [3.05, 3.63) is 59.4 Å². The van der Waals surface area contributed by atoms with E-state index in [-0.39, 0.29) is 11.3 Å². The zero-order valence-electron chi connectivity index (χ0n) is 24.3. The summed E-state index contributed by atoms with van der Waals surface area (Å²) in [4.78, 5) is 34.4. The predicted molar refractivity (Wildman–Crippen MR) is 160 cm³/mol. The topological polar surface area (TPSA) is 102 Å². The van der Waals surface area contributed by atoms with Crippen molar-refractivity contribution >= 4 is 39.2 Å². The zero-order valence-corrected chi connectivity index (χ0v) is 25.1. The smallest absolute Gasteiger partial charge is 0.367 e. The summed E-state index contributed by atoms with van der Waals surface area (Å²) >= 11 is 0. The summed E-state index contributed by atoms with van der Waals surface area (Å²) in [7, 11) is -1.20. The Labute approximate surface area is 253 Å². The third-order valence-corrected chi connectivity index (χ3v) is 9.85. The lowest BCUT2D eigenvalue weighted by Crippen LogP contribution is -2.44. The van der Waals surface area contributed by atoms with Crippen LogP contribution in [0.1, 0.15) is 12.0 Å². The quantitative estimate of drug-likeness (QED) is 0.465. The summed E-state index contributed by atoms with van der Waals surface area (Å²) in [5.41, 5.74) is 0.828. The fourth-order valence-electron chi connectivity index (χ4n) is 5.73. The zero-order chi connectivity index (χ0) is 31.8. The number of alkyl halides is 3. The van der Waals surface area contributed by atoms with Crippen LogP contribution in [0.25, 0.3) is 11.1 Å². The van der Waals surface area contributed by atoms with Gasteiger partial charge in [0.25, 0.3) is 5.91 Å². The molecule has 2 amide bonds. The average Bonchev–Trinajstić information content (AvgIpc) is 3.43. The molecule has 3 aliphatic rings. The molecule has 3 aliphatic heterocycles. The number of aliphatic imine (C=N–C) groups is 1. The number of likely N-dealkylation sites (N-methyl/N-ethyl adjacent to an activating group) is 1. The van der Waals surface area contributed by atoms with E-state index in [0.717, 1.165) is 18.7 Å². The van der Waals surface area contributed by atoms with Crippen LogP contribution >= 0.6 is 0 Å². The molecular weight excluding hydrogens is 602 g/mol. The lowest BCUT2D eigenvalue weighted by atomic mass is 9.95. The number of amides is 2. The second-order valence-corrected chi connectivity index (χ2v) is 13.8. The van der Waals surface area contributed by atoms with Crippen LogP contribution in [0.4, 0.5) is 28.9 Å². The Morgan fingerprint density at radius 3 is 2.45 bits per heavy atom. The van der Waals surface area contributed by atoms with Crippen LogP contribution < -0.4 is 10.2 Å². The number of piperazine rings is 1. The number of hydrogen-bond donors (Lipinski definition) is 1. The number of benzene rings is 2. The van der Waals surface area contributed by atoms with Crippen LogP contribution in [0.2, 0.25) is 0 Å². The summed E-state index contributed by atoms with van der Waals surface area (Å²) in [6.07, 6.45) is -2.17. The third-order valence-electron chi connectivity index (χ3n) is 8.26. The van der Waals surface area contributed by atoms with E-state index in [1.807, 2.05) is 16.8 Å². The third kappa shape index (κ3) is 7.19. The Morgan fingerprint density at radius 1 is 1.07 bits per heavy atom. The molecule has 14 heteroatoms. The van der Waals surface area contributed by atoms with Crippen LogP contribution in [-0.4, -0.2) is 100 Å². The summed E-state index contributed by atoms with van der Waals surface area (Å²) in [5.74, 6) is -4.50. The molecule has 0 bridgehead atoms. The van der Waals surface area contributed by atoms with Crippen molar-refractivity contribution in [2.45, 2.75) is 24.4 Å². The molecule has 0 spiro atoms. The van der Waals surface area contributed by atoms with Gasteiger partial charge in [-0.1, -0.05) is 12.1 Å². The molecule has 2 saturated heterocycles. The molecule has 2 fully saturated rings. The monoisotopic (exact) mass is 635 g/mol. The number of likely N-dealkylation sites (tertiary alicyclic amines) is 1. The molecule has 2 aromatic carbocycles. The lowest BCUT2D eigenvalue weighted by molar-refractivity contribution is -0.124. The first kappa shape index (κ1) is 31.8. The van der Waals surface area contributed by atoms with E-state index < -0.39 is 50.4 Å².